The number of anilines is 1. The zero-order valence-electron chi connectivity index (χ0n) is 16.5. The lowest BCUT2D eigenvalue weighted by Gasteiger charge is -2.32. The summed E-state index contributed by atoms with van der Waals surface area (Å²) in [5.41, 5.74) is 4.88. The average molecular weight is 386 g/mol. The largest absolute Gasteiger partial charge is 0.497 e. The molecule has 0 spiro atoms. The van der Waals surface area contributed by atoms with Gasteiger partial charge in [0.15, 0.2) is 11.6 Å². The summed E-state index contributed by atoms with van der Waals surface area (Å²) in [4.78, 5) is 17.7. The highest BCUT2D eigenvalue weighted by molar-refractivity contribution is 5.99. The van der Waals surface area contributed by atoms with Crippen molar-refractivity contribution >= 4 is 11.7 Å². The van der Waals surface area contributed by atoms with Gasteiger partial charge in [-0.1, -0.05) is 36.4 Å². The minimum atomic E-state index is -0.287. The molecule has 2 aliphatic rings. The van der Waals surface area contributed by atoms with E-state index in [4.69, 9.17) is 14.8 Å². The van der Waals surface area contributed by atoms with Crippen LogP contribution in [0.5, 0.6) is 5.75 Å². The number of ketones is 1. The summed E-state index contributed by atoms with van der Waals surface area (Å²) in [7, 11) is 1.65. The van der Waals surface area contributed by atoms with Crippen LogP contribution in [0.1, 0.15) is 36.4 Å². The normalized spacial score (nSPS) is 18.1. The second-order valence-corrected chi connectivity index (χ2v) is 7.49. The number of Topliss-reactive ketones (excluding diaryl/α,β-unsaturated/α-hetero) is 1. The molecule has 0 saturated carbocycles. The highest BCUT2D eigenvalue weighted by atomic mass is 16.5. The number of nitrogens with zero attached hydrogens (tertiary/aromatic N) is 3. The van der Waals surface area contributed by atoms with E-state index in [1.54, 1.807) is 7.11 Å². The lowest BCUT2D eigenvalue weighted by atomic mass is 9.85. The molecule has 1 aliphatic heterocycles. The van der Waals surface area contributed by atoms with Crippen molar-refractivity contribution in [3.8, 4) is 17.1 Å². The fourth-order valence-corrected chi connectivity index (χ4v) is 4.19. The zero-order valence-corrected chi connectivity index (χ0v) is 16.5. The van der Waals surface area contributed by atoms with E-state index in [2.05, 4.69) is 18.3 Å². The van der Waals surface area contributed by atoms with E-state index in [1.807, 2.05) is 47.1 Å². The Morgan fingerprint density at radius 3 is 2.66 bits per heavy atom. The fraction of sp³-hybridized carbons (Fsp3) is 0.261. The summed E-state index contributed by atoms with van der Waals surface area (Å²) in [5.74, 6) is 2.30. The summed E-state index contributed by atoms with van der Waals surface area (Å²) >= 11 is 0. The maximum atomic E-state index is 12.9. The molecule has 6 nitrogen and oxygen atoms in total. The number of aromatic nitrogens is 3. The van der Waals surface area contributed by atoms with Crippen LogP contribution < -0.4 is 10.1 Å². The summed E-state index contributed by atoms with van der Waals surface area (Å²) in [6.07, 6.45) is 2.28. The first-order chi connectivity index (χ1) is 14.2. The van der Waals surface area contributed by atoms with E-state index in [0.717, 1.165) is 46.6 Å². The summed E-state index contributed by atoms with van der Waals surface area (Å²) < 4.78 is 7.16. The summed E-state index contributed by atoms with van der Waals surface area (Å²) in [6, 6.07) is 15.6. The van der Waals surface area contributed by atoms with Gasteiger partial charge in [0, 0.05) is 23.3 Å². The molecule has 2 aromatic carbocycles. The molecular weight excluding hydrogens is 364 g/mol. The molecule has 1 aromatic heterocycles. The molecule has 0 radical (unpaired) electrons. The molecule has 0 amide bonds. The van der Waals surface area contributed by atoms with Crippen molar-refractivity contribution in [2.45, 2.75) is 32.2 Å². The van der Waals surface area contributed by atoms with Gasteiger partial charge in [0.1, 0.15) is 11.8 Å². The third kappa shape index (κ3) is 2.92. The van der Waals surface area contributed by atoms with Crippen LogP contribution in [0.2, 0.25) is 0 Å². The van der Waals surface area contributed by atoms with Gasteiger partial charge in [-0.15, -0.1) is 5.10 Å². The Morgan fingerprint density at radius 1 is 1.10 bits per heavy atom. The van der Waals surface area contributed by atoms with Gasteiger partial charge in [0.2, 0.25) is 5.95 Å². The summed E-state index contributed by atoms with van der Waals surface area (Å²) in [6.45, 7) is 2.05. The highest BCUT2D eigenvalue weighted by Gasteiger charge is 2.36. The number of hydrogen-bond acceptors (Lipinski definition) is 5. The standard InChI is InChI=1S/C23H22N4O2/c1-14-6-3-4-7-17(14)22-25-23-24-18-8-5-9-19(28)20(18)21(27(23)26-22)15-10-12-16(29-2)13-11-15/h3-4,6-7,10-13,21H,5,8-9H2,1-2H3,(H,24,25,26)/t21-/m0/s1. The number of fused-ring (bicyclic) bond motifs is 1. The molecule has 1 atom stereocenters. The van der Waals surface area contributed by atoms with Gasteiger partial charge >= 0.3 is 0 Å². The lowest BCUT2D eigenvalue weighted by Crippen LogP contribution is -2.31. The third-order valence-electron chi connectivity index (χ3n) is 5.69. The Morgan fingerprint density at radius 2 is 1.90 bits per heavy atom. The molecule has 0 unspecified atom stereocenters. The minimum absolute atomic E-state index is 0.179. The first-order valence-corrected chi connectivity index (χ1v) is 9.85. The van der Waals surface area contributed by atoms with Gasteiger partial charge in [-0.2, -0.15) is 4.98 Å². The van der Waals surface area contributed by atoms with Crippen LogP contribution in [0, 0.1) is 6.92 Å². The van der Waals surface area contributed by atoms with Gasteiger partial charge in [-0.05, 0) is 43.0 Å². The molecule has 0 fully saturated rings. The number of carbonyl (C=O) groups excluding carboxylic acids is 1. The maximum Gasteiger partial charge on any atom is 0.226 e. The van der Waals surface area contributed by atoms with E-state index in [0.29, 0.717) is 18.2 Å². The predicted molar refractivity (Wildman–Crippen MR) is 111 cm³/mol. The molecule has 3 aromatic rings. The Labute approximate surface area is 169 Å². The van der Waals surface area contributed by atoms with E-state index in [-0.39, 0.29) is 11.8 Å². The second-order valence-electron chi connectivity index (χ2n) is 7.49. The van der Waals surface area contributed by atoms with Crippen LogP contribution in [-0.4, -0.2) is 27.7 Å². The van der Waals surface area contributed by atoms with Crippen molar-refractivity contribution in [1.29, 1.82) is 0 Å². The Bertz CT molecular complexity index is 1130. The topological polar surface area (TPSA) is 69.0 Å². The number of nitrogens with one attached hydrogen (secondary N) is 1. The number of ether oxygens (including phenoxy) is 1. The van der Waals surface area contributed by atoms with Crippen molar-refractivity contribution in [3.63, 3.8) is 0 Å². The molecule has 1 aliphatic carbocycles. The smallest absolute Gasteiger partial charge is 0.226 e. The van der Waals surface area contributed by atoms with Crippen molar-refractivity contribution in [3.05, 3.63) is 70.9 Å². The number of benzene rings is 2. The molecule has 2 heterocycles. The van der Waals surface area contributed by atoms with Gasteiger partial charge in [-0.3, -0.25) is 4.79 Å². The Hall–Kier alpha value is -3.41. The molecular formula is C23H22N4O2. The van der Waals surface area contributed by atoms with Crippen LogP contribution in [0.25, 0.3) is 11.4 Å². The van der Waals surface area contributed by atoms with E-state index in [1.165, 1.54) is 0 Å². The SMILES string of the molecule is COc1ccc([C@H]2C3=C(CCCC3=O)Nc3nc(-c4ccccc4C)nn32)cc1. The number of aryl methyl sites for hydroxylation is 1. The maximum absolute atomic E-state index is 12.9. The van der Waals surface area contributed by atoms with Crippen molar-refractivity contribution in [2.75, 3.05) is 12.4 Å². The molecule has 146 valence electrons. The Balaban J connectivity index is 1.67. The van der Waals surface area contributed by atoms with Gasteiger partial charge in [0.25, 0.3) is 0 Å². The Kier molecular flexibility index (Phi) is 4.19. The molecule has 1 N–H and O–H groups in total. The summed E-state index contributed by atoms with van der Waals surface area (Å²) in [5, 5.41) is 8.22. The van der Waals surface area contributed by atoms with E-state index < -0.39 is 0 Å². The first kappa shape index (κ1) is 17.7. The quantitative estimate of drug-likeness (QED) is 0.727. The molecule has 0 saturated heterocycles. The monoisotopic (exact) mass is 386 g/mol. The van der Waals surface area contributed by atoms with Crippen LogP contribution in [0.15, 0.2) is 59.8 Å². The zero-order chi connectivity index (χ0) is 20.0. The van der Waals surface area contributed by atoms with Gasteiger partial charge in [-0.25, -0.2) is 4.68 Å². The number of methoxy groups -OCH3 is 1. The molecule has 29 heavy (non-hydrogen) atoms. The molecule has 0 bridgehead atoms. The molecule has 5 rings (SSSR count). The van der Waals surface area contributed by atoms with Crippen molar-refractivity contribution < 1.29 is 9.53 Å². The average Bonchev–Trinajstić information content (AvgIpc) is 3.16. The van der Waals surface area contributed by atoms with E-state index in [9.17, 15) is 4.79 Å². The van der Waals surface area contributed by atoms with Gasteiger partial charge < -0.3 is 10.1 Å². The second kappa shape index (κ2) is 6.88. The van der Waals surface area contributed by atoms with Crippen LogP contribution in [-0.2, 0) is 4.79 Å². The lowest BCUT2D eigenvalue weighted by molar-refractivity contribution is -0.116. The van der Waals surface area contributed by atoms with Crippen molar-refractivity contribution in [2.24, 2.45) is 0 Å². The predicted octanol–water partition coefficient (Wildman–Crippen LogP) is 4.28. The number of allylic oxidation sites excluding steroid dienone is 2. The number of rotatable bonds is 3. The number of carbonyl (C=O) groups is 1. The van der Waals surface area contributed by atoms with Gasteiger partial charge in [0.05, 0.1) is 7.11 Å². The first-order valence-electron chi connectivity index (χ1n) is 9.85. The van der Waals surface area contributed by atoms with E-state index >= 15 is 0 Å². The fourth-order valence-electron chi connectivity index (χ4n) is 4.19. The number of hydrogen-bond donors (Lipinski definition) is 1. The van der Waals surface area contributed by atoms with Crippen LogP contribution in [0.4, 0.5) is 5.95 Å². The highest BCUT2D eigenvalue weighted by Crippen LogP contribution is 2.41. The van der Waals surface area contributed by atoms with Crippen molar-refractivity contribution in [1.82, 2.24) is 14.8 Å². The molecule has 6 heteroatoms. The van der Waals surface area contributed by atoms with Crippen LogP contribution >= 0.6 is 0 Å². The minimum Gasteiger partial charge on any atom is -0.497 e. The van der Waals surface area contributed by atoms with Crippen LogP contribution in [0.3, 0.4) is 0 Å². The third-order valence-corrected chi connectivity index (χ3v) is 5.69.